The lowest BCUT2D eigenvalue weighted by molar-refractivity contribution is 1.23. The average Bonchev–Trinajstić information content (AvgIpc) is 3.44. The zero-order valence-electron chi connectivity index (χ0n) is 38.0. The average molecular weight is 888 g/mol. The van der Waals surface area contributed by atoms with Crippen LogP contribution in [0.5, 0.6) is 0 Å². The molecule has 0 saturated carbocycles. The van der Waals surface area contributed by atoms with Crippen LogP contribution in [-0.2, 0) is 0 Å². The third kappa shape index (κ3) is 6.55. The Morgan fingerprint density at radius 1 is 0.229 bits per heavy atom. The molecule has 0 aliphatic heterocycles. The van der Waals surface area contributed by atoms with E-state index in [-0.39, 0.29) is 0 Å². The highest BCUT2D eigenvalue weighted by atomic mass is 14.9. The van der Waals surface area contributed by atoms with Crippen molar-refractivity contribution in [2.75, 3.05) is 0 Å². The van der Waals surface area contributed by atoms with Crippen molar-refractivity contribution in [3.8, 4) is 67.3 Å². The number of nitrogens with zero attached hydrogens (tertiary/aromatic N) is 3. The summed E-state index contributed by atoms with van der Waals surface area (Å²) in [4.78, 5) is 16.2. The van der Waals surface area contributed by atoms with Crippen molar-refractivity contribution in [1.82, 2.24) is 15.0 Å². The number of fused-ring (bicyclic) bond motifs is 9. The van der Waals surface area contributed by atoms with E-state index in [2.05, 4.69) is 243 Å². The molecular formula is C67H41N3. The third-order valence-corrected chi connectivity index (χ3v) is 14.3. The van der Waals surface area contributed by atoms with Gasteiger partial charge in [0.05, 0.1) is 16.9 Å². The van der Waals surface area contributed by atoms with Crippen LogP contribution in [0.1, 0.15) is 0 Å². The highest BCUT2D eigenvalue weighted by molar-refractivity contribution is 6.19. The Kier molecular flexibility index (Phi) is 9.21. The van der Waals surface area contributed by atoms with Crippen LogP contribution in [0.25, 0.3) is 143 Å². The number of aromatic nitrogens is 3. The first-order valence-electron chi connectivity index (χ1n) is 23.9. The van der Waals surface area contributed by atoms with Crippen LogP contribution in [0.4, 0.5) is 0 Å². The van der Waals surface area contributed by atoms with Gasteiger partial charge >= 0.3 is 0 Å². The Morgan fingerprint density at radius 3 is 1.39 bits per heavy atom. The second kappa shape index (κ2) is 16.2. The zero-order chi connectivity index (χ0) is 46.1. The largest absolute Gasteiger partial charge is 0.256 e. The van der Waals surface area contributed by atoms with E-state index in [4.69, 9.17) is 15.0 Å². The number of benzene rings is 12. The van der Waals surface area contributed by atoms with E-state index in [1.165, 1.54) is 65.0 Å². The first-order valence-corrected chi connectivity index (χ1v) is 23.9. The Hall–Kier alpha value is -9.31. The Bertz CT molecular complexity index is 4390. The molecule has 0 radical (unpaired) electrons. The molecule has 3 nitrogen and oxygen atoms in total. The first-order chi connectivity index (χ1) is 34.7. The fraction of sp³-hybridized carbons (Fsp3) is 0. The van der Waals surface area contributed by atoms with Gasteiger partial charge in [0.2, 0.25) is 0 Å². The van der Waals surface area contributed by atoms with Crippen molar-refractivity contribution in [1.29, 1.82) is 0 Å². The Morgan fingerprint density at radius 2 is 0.714 bits per heavy atom. The normalized spacial score (nSPS) is 11.7. The molecule has 324 valence electrons. The minimum Gasteiger partial charge on any atom is -0.256 e. The predicted molar refractivity (Wildman–Crippen MR) is 295 cm³/mol. The van der Waals surface area contributed by atoms with Crippen LogP contribution in [0.15, 0.2) is 249 Å². The first kappa shape index (κ1) is 39.8. The molecule has 14 rings (SSSR count). The van der Waals surface area contributed by atoms with Crippen LogP contribution in [0, 0.1) is 0 Å². The quantitative estimate of drug-likeness (QED) is 0.156. The van der Waals surface area contributed by atoms with Gasteiger partial charge in [0.1, 0.15) is 0 Å². The molecule has 0 atom stereocenters. The van der Waals surface area contributed by atoms with E-state index < -0.39 is 0 Å². The number of pyridine rings is 1. The zero-order valence-corrected chi connectivity index (χ0v) is 38.0. The van der Waals surface area contributed by atoms with Crippen LogP contribution in [0.2, 0.25) is 0 Å². The van der Waals surface area contributed by atoms with Crippen molar-refractivity contribution in [2.24, 2.45) is 0 Å². The molecule has 0 spiro atoms. The van der Waals surface area contributed by atoms with Crippen molar-refractivity contribution >= 4 is 75.5 Å². The van der Waals surface area contributed by atoms with Gasteiger partial charge in [-0.15, -0.1) is 0 Å². The summed E-state index contributed by atoms with van der Waals surface area (Å²) in [5.74, 6) is 0.669. The maximum absolute atomic E-state index is 5.67. The molecule has 0 aliphatic carbocycles. The van der Waals surface area contributed by atoms with E-state index in [1.807, 2.05) is 6.20 Å². The van der Waals surface area contributed by atoms with Crippen LogP contribution >= 0.6 is 0 Å². The van der Waals surface area contributed by atoms with Gasteiger partial charge in [-0.05, 0) is 117 Å². The number of rotatable bonds is 6. The van der Waals surface area contributed by atoms with E-state index >= 15 is 0 Å². The van der Waals surface area contributed by atoms with E-state index in [9.17, 15) is 0 Å². The fourth-order valence-electron chi connectivity index (χ4n) is 10.9. The molecule has 0 N–H and O–H groups in total. The number of hydrogen-bond acceptors (Lipinski definition) is 3. The van der Waals surface area contributed by atoms with Gasteiger partial charge in [-0.1, -0.05) is 212 Å². The SMILES string of the molecule is c1ccc2c(-c3ccc(-c4nc(-c5ccc(-c6nccc7ccccc67)cc5)c5cc(-c6cc7ccccc7c7ccccc67)cc(-c6cc7ccccc7c7ccccc67)c5n4)cc3)cccc2c1. The fourth-order valence-corrected chi connectivity index (χ4v) is 10.9. The summed E-state index contributed by atoms with van der Waals surface area (Å²) in [6, 6.07) is 87.7. The van der Waals surface area contributed by atoms with Gasteiger partial charge in [-0.25, -0.2) is 9.97 Å². The lowest BCUT2D eigenvalue weighted by atomic mass is 9.87. The molecule has 0 bridgehead atoms. The summed E-state index contributed by atoms with van der Waals surface area (Å²) in [5, 5.41) is 15.4. The summed E-state index contributed by atoms with van der Waals surface area (Å²) < 4.78 is 0. The summed E-state index contributed by atoms with van der Waals surface area (Å²) in [5.41, 5.74) is 12.5. The standard InChI is InChI=1S/C67H41N3/c1-5-19-51-42(14-1)18-13-27-52(51)44-28-34-47(35-29-44)67-69-65(46-32-30-45(31-33-46)64-55-22-8-2-15-43(55)36-37-68-64)63-41-50(60-38-48-16-3-6-20-53(48)56-23-9-11-25-58(56)60)40-62(66(63)70-67)61-39-49-17-4-7-21-54(49)57-24-10-12-26-59(57)61/h1-41H. The second-order valence-electron chi connectivity index (χ2n) is 18.3. The molecule has 0 fully saturated rings. The van der Waals surface area contributed by atoms with Gasteiger partial charge in [0.15, 0.2) is 5.82 Å². The van der Waals surface area contributed by atoms with Crippen molar-refractivity contribution in [3.63, 3.8) is 0 Å². The third-order valence-electron chi connectivity index (χ3n) is 14.3. The number of hydrogen-bond donors (Lipinski definition) is 0. The van der Waals surface area contributed by atoms with Gasteiger partial charge < -0.3 is 0 Å². The molecule has 12 aromatic carbocycles. The second-order valence-corrected chi connectivity index (χ2v) is 18.3. The summed E-state index contributed by atoms with van der Waals surface area (Å²) in [7, 11) is 0. The topological polar surface area (TPSA) is 38.7 Å². The van der Waals surface area contributed by atoms with Crippen LogP contribution < -0.4 is 0 Å². The van der Waals surface area contributed by atoms with Crippen molar-refractivity contribution in [2.45, 2.75) is 0 Å². The molecular weight excluding hydrogens is 847 g/mol. The lowest BCUT2D eigenvalue weighted by Crippen LogP contribution is -1.99. The highest BCUT2D eigenvalue weighted by Gasteiger charge is 2.21. The maximum Gasteiger partial charge on any atom is 0.160 e. The minimum atomic E-state index is 0.669. The minimum absolute atomic E-state index is 0.669. The predicted octanol–water partition coefficient (Wildman–Crippen LogP) is 17.9. The van der Waals surface area contributed by atoms with Crippen LogP contribution in [-0.4, -0.2) is 15.0 Å². The van der Waals surface area contributed by atoms with Gasteiger partial charge in [-0.2, -0.15) is 0 Å². The summed E-state index contributed by atoms with van der Waals surface area (Å²) >= 11 is 0. The van der Waals surface area contributed by atoms with Crippen molar-refractivity contribution < 1.29 is 0 Å². The molecule has 0 saturated heterocycles. The Labute approximate surface area is 404 Å². The molecule has 14 aromatic rings. The van der Waals surface area contributed by atoms with Crippen LogP contribution in [0.3, 0.4) is 0 Å². The highest BCUT2D eigenvalue weighted by Crippen LogP contribution is 2.45. The molecule has 2 heterocycles. The molecule has 70 heavy (non-hydrogen) atoms. The molecule has 0 unspecified atom stereocenters. The molecule has 2 aromatic heterocycles. The summed E-state index contributed by atoms with van der Waals surface area (Å²) in [6.45, 7) is 0. The van der Waals surface area contributed by atoms with Gasteiger partial charge in [0.25, 0.3) is 0 Å². The van der Waals surface area contributed by atoms with E-state index in [0.717, 1.165) is 72.0 Å². The monoisotopic (exact) mass is 887 g/mol. The lowest BCUT2D eigenvalue weighted by Gasteiger charge is -2.19. The smallest absolute Gasteiger partial charge is 0.160 e. The Balaban J connectivity index is 1.06. The molecule has 0 amide bonds. The molecule has 3 heteroatoms. The van der Waals surface area contributed by atoms with Crippen molar-refractivity contribution in [3.05, 3.63) is 249 Å². The van der Waals surface area contributed by atoms with Gasteiger partial charge in [-0.3, -0.25) is 4.98 Å². The van der Waals surface area contributed by atoms with E-state index in [1.54, 1.807) is 0 Å². The van der Waals surface area contributed by atoms with E-state index in [0.29, 0.717) is 5.82 Å². The maximum atomic E-state index is 5.67. The summed E-state index contributed by atoms with van der Waals surface area (Å²) in [6.07, 6.45) is 1.90. The molecule has 0 aliphatic rings. The van der Waals surface area contributed by atoms with Gasteiger partial charge in [0, 0.05) is 39.2 Å².